The number of amides is 1. The summed E-state index contributed by atoms with van der Waals surface area (Å²) in [5, 5.41) is 3.06. The number of benzene rings is 2. The first-order valence-electron chi connectivity index (χ1n) is 10.3. The van der Waals surface area contributed by atoms with Crippen LogP contribution in [0.25, 0.3) is 0 Å². The highest BCUT2D eigenvalue weighted by atomic mass is 32.2. The van der Waals surface area contributed by atoms with Gasteiger partial charge in [-0.3, -0.25) is 4.79 Å². The standard InChI is InChI=1S/C23H30N2O4S/c1-17-6-4-5-7-21(17)16-30(27,28)25-14-12-20(13-15-25)23(26)24-18(2)19-8-10-22(29-3)11-9-19/h4-11,18,20H,12-16H2,1-3H3,(H,24,26)/t18-/m0/s1. The van der Waals surface area contributed by atoms with Gasteiger partial charge in [0.1, 0.15) is 5.75 Å². The number of sulfonamides is 1. The summed E-state index contributed by atoms with van der Waals surface area (Å²) in [7, 11) is -1.77. The Labute approximate surface area is 179 Å². The summed E-state index contributed by atoms with van der Waals surface area (Å²) in [6.45, 7) is 4.62. The zero-order valence-corrected chi connectivity index (χ0v) is 18.6. The molecule has 2 aromatic rings. The minimum Gasteiger partial charge on any atom is -0.497 e. The lowest BCUT2D eigenvalue weighted by Gasteiger charge is -2.31. The van der Waals surface area contributed by atoms with Gasteiger partial charge in [-0.2, -0.15) is 0 Å². The maximum atomic E-state index is 12.8. The molecule has 0 unspecified atom stereocenters. The summed E-state index contributed by atoms with van der Waals surface area (Å²) < 4.78 is 32.3. The molecule has 0 bridgehead atoms. The predicted octanol–water partition coefficient (Wildman–Crippen LogP) is 3.42. The highest BCUT2D eigenvalue weighted by Crippen LogP contribution is 2.24. The number of carbonyl (C=O) groups is 1. The summed E-state index contributed by atoms with van der Waals surface area (Å²) in [5.74, 6) is 0.590. The zero-order valence-electron chi connectivity index (χ0n) is 17.8. The summed E-state index contributed by atoms with van der Waals surface area (Å²) in [6.07, 6.45) is 1.07. The van der Waals surface area contributed by atoms with Crippen molar-refractivity contribution in [2.24, 2.45) is 5.92 Å². The van der Waals surface area contributed by atoms with Crippen molar-refractivity contribution < 1.29 is 17.9 Å². The molecule has 0 spiro atoms. The molecule has 30 heavy (non-hydrogen) atoms. The molecule has 1 heterocycles. The van der Waals surface area contributed by atoms with Gasteiger partial charge in [-0.05, 0) is 55.5 Å². The van der Waals surface area contributed by atoms with Crippen LogP contribution in [0, 0.1) is 12.8 Å². The molecule has 2 aromatic carbocycles. The van der Waals surface area contributed by atoms with E-state index in [9.17, 15) is 13.2 Å². The molecule has 6 nitrogen and oxygen atoms in total. The topological polar surface area (TPSA) is 75.7 Å². The van der Waals surface area contributed by atoms with E-state index in [1.807, 2.05) is 62.4 Å². The third-order valence-corrected chi connectivity index (χ3v) is 7.62. The molecule has 162 valence electrons. The molecule has 1 N–H and O–H groups in total. The first-order chi connectivity index (χ1) is 14.3. The maximum Gasteiger partial charge on any atom is 0.223 e. The van der Waals surface area contributed by atoms with Crippen molar-refractivity contribution in [3.63, 3.8) is 0 Å². The van der Waals surface area contributed by atoms with Crippen molar-refractivity contribution in [1.29, 1.82) is 0 Å². The van der Waals surface area contributed by atoms with Crippen LogP contribution in [-0.4, -0.2) is 38.8 Å². The van der Waals surface area contributed by atoms with Crippen LogP contribution >= 0.6 is 0 Å². The Bertz CT molecular complexity index is 965. The minimum atomic E-state index is -3.39. The first-order valence-corrected chi connectivity index (χ1v) is 11.9. The molecule has 0 aliphatic carbocycles. The summed E-state index contributed by atoms with van der Waals surface area (Å²) in [4.78, 5) is 12.7. The SMILES string of the molecule is COc1ccc([C@H](C)NC(=O)C2CCN(S(=O)(=O)Cc3ccccc3C)CC2)cc1. The van der Waals surface area contributed by atoms with Crippen LogP contribution in [-0.2, 0) is 20.6 Å². The van der Waals surface area contributed by atoms with E-state index < -0.39 is 10.0 Å². The van der Waals surface area contributed by atoms with Gasteiger partial charge >= 0.3 is 0 Å². The van der Waals surface area contributed by atoms with Crippen LogP contribution < -0.4 is 10.1 Å². The lowest BCUT2D eigenvalue weighted by molar-refractivity contribution is -0.126. The van der Waals surface area contributed by atoms with Crippen LogP contribution in [0.5, 0.6) is 5.75 Å². The van der Waals surface area contributed by atoms with Gasteiger partial charge in [-0.15, -0.1) is 0 Å². The molecule has 0 saturated carbocycles. The molecule has 1 fully saturated rings. The quantitative estimate of drug-likeness (QED) is 0.730. The van der Waals surface area contributed by atoms with Crippen molar-refractivity contribution >= 4 is 15.9 Å². The highest BCUT2D eigenvalue weighted by Gasteiger charge is 2.31. The van der Waals surface area contributed by atoms with Crippen molar-refractivity contribution in [3.05, 3.63) is 65.2 Å². The lowest BCUT2D eigenvalue weighted by Crippen LogP contribution is -2.43. The second-order valence-corrected chi connectivity index (χ2v) is 9.83. The van der Waals surface area contributed by atoms with E-state index in [0.29, 0.717) is 25.9 Å². The van der Waals surface area contributed by atoms with E-state index in [2.05, 4.69) is 5.32 Å². The van der Waals surface area contributed by atoms with Crippen molar-refractivity contribution in [1.82, 2.24) is 9.62 Å². The van der Waals surface area contributed by atoms with Gasteiger partial charge < -0.3 is 10.1 Å². The second kappa shape index (κ2) is 9.62. The fraction of sp³-hybridized carbons (Fsp3) is 0.435. The van der Waals surface area contributed by atoms with E-state index in [1.165, 1.54) is 4.31 Å². The number of piperidine rings is 1. The van der Waals surface area contributed by atoms with Gasteiger partial charge in [-0.25, -0.2) is 12.7 Å². The number of carbonyl (C=O) groups excluding carboxylic acids is 1. The number of rotatable bonds is 7. The Balaban J connectivity index is 1.54. The zero-order chi connectivity index (χ0) is 21.7. The summed E-state index contributed by atoms with van der Waals surface area (Å²) in [5.41, 5.74) is 2.80. The average Bonchev–Trinajstić information content (AvgIpc) is 2.75. The first kappa shape index (κ1) is 22.3. The Hall–Kier alpha value is -2.38. The molecule has 3 rings (SSSR count). The monoisotopic (exact) mass is 430 g/mol. The molecule has 1 amide bonds. The third-order valence-electron chi connectivity index (χ3n) is 5.79. The van der Waals surface area contributed by atoms with E-state index in [0.717, 1.165) is 22.4 Å². The van der Waals surface area contributed by atoms with Gasteiger partial charge in [0.15, 0.2) is 0 Å². The van der Waals surface area contributed by atoms with Crippen molar-refractivity contribution in [2.45, 2.75) is 38.5 Å². The van der Waals surface area contributed by atoms with E-state index >= 15 is 0 Å². The molecule has 1 aliphatic heterocycles. The van der Waals surface area contributed by atoms with Crippen LogP contribution in [0.15, 0.2) is 48.5 Å². The largest absolute Gasteiger partial charge is 0.497 e. The van der Waals surface area contributed by atoms with Gasteiger partial charge in [0, 0.05) is 19.0 Å². The summed E-state index contributed by atoms with van der Waals surface area (Å²) in [6, 6.07) is 15.0. The molecular formula is C23H30N2O4S. The molecular weight excluding hydrogens is 400 g/mol. The fourth-order valence-electron chi connectivity index (χ4n) is 3.76. The number of nitrogens with zero attached hydrogens (tertiary/aromatic N) is 1. The van der Waals surface area contributed by atoms with E-state index in [4.69, 9.17) is 4.74 Å². The van der Waals surface area contributed by atoms with E-state index in [1.54, 1.807) is 7.11 Å². The van der Waals surface area contributed by atoms with Crippen molar-refractivity contribution in [2.75, 3.05) is 20.2 Å². The molecule has 7 heteroatoms. The Morgan fingerprint density at radius 2 is 1.77 bits per heavy atom. The predicted molar refractivity (Wildman–Crippen MR) is 118 cm³/mol. The highest BCUT2D eigenvalue weighted by molar-refractivity contribution is 7.88. The molecule has 1 saturated heterocycles. The fourth-order valence-corrected chi connectivity index (χ4v) is 5.43. The second-order valence-electron chi connectivity index (χ2n) is 7.86. The van der Waals surface area contributed by atoms with Gasteiger partial charge in [0.05, 0.1) is 18.9 Å². The Kier molecular flexibility index (Phi) is 7.15. The van der Waals surface area contributed by atoms with Crippen LogP contribution in [0.4, 0.5) is 0 Å². The Morgan fingerprint density at radius 3 is 2.37 bits per heavy atom. The number of aryl methyl sites for hydroxylation is 1. The van der Waals surface area contributed by atoms with Gasteiger partial charge in [0.25, 0.3) is 0 Å². The number of ether oxygens (including phenoxy) is 1. The van der Waals surface area contributed by atoms with Crippen LogP contribution in [0.1, 0.15) is 42.5 Å². The third kappa shape index (κ3) is 5.40. The molecule has 0 aromatic heterocycles. The minimum absolute atomic E-state index is 0.00500. The number of nitrogens with one attached hydrogen (secondary N) is 1. The lowest BCUT2D eigenvalue weighted by atomic mass is 9.96. The number of methoxy groups -OCH3 is 1. The maximum absolute atomic E-state index is 12.8. The van der Waals surface area contributed by atoms with Crippen LogP contribution in [0.2, 0.25) is 0 Å². The number of hydrogen-bond donors (Lipinski definition) is 1. The Morgan fingerprint density at radius 1 is 1.13 bits per heavy atom. The smallest absolute Gasteiger partial charge is 0.223 e. The molecule has 1 aliphatic rings. The van der Waals surface area contributed by atoms with Gasteiger partial charge in [0.2, 0.25) is 15.9 Å². The number of hydrogen-bond acceptors (Lipinski definition) is 4. The molecule has 1 atom stereocenters. The van der Waals surface area contributed by atoms with Crippen LogP contribution in [0.3, 0.4) is 0 Å². The van der Waals surface area contributed by atoms with E-state index in [-0.39, 0.29) is 23.6 Å². The van der Waals surface area contributed by atoms with Gasteiger partial charge in [-0.1, -0.05) is 36.4 Å². The van der Waals surface area contributed by atoms with Crippen molar-refractivity contribution in [3.8, 4) is 5.75 Å². The summed E-state index contributed by atoms with van der Waals surface area (Å²) >= 11 is 0. The normalized spacial score (nSPS) is 16.8. The molecule has 0 radical (unpaired) electrons. The average molecular weight is 431 g/mol.